The first-order valence-corrected chi connectivity index (χ1v) is 12.7. The summed E-state index contributed by atoms with van der Waals surface area (Å²) in [5.74, 6) is 0.845. The van der Waals surface area contributed by atoms with E-state index in [0.29, 0.717) is 48.9 Å². The van der Waals surface area contributed by atoms with Gasteiger partial charge in [0.05, 0.1) is 37.5 Å². The fourth-order valence-electron chi connectivity index (χ4n) is 5.27. The minimum Gasteiger partial charge on any atom is -0.486 e. The van der Waals surface area contributed by atoms with E-state index in [2.05, 4.69) is 21.7 Å². The van der Waals surface area contributed by atoms with Crippen LogP contribution in [-0.4, -0.2) is 67.1 Å². The van der Waals surface area contributed by atoms with Gasteiger partial charge in [-0.25, -0.2) is 9.37 Å². The van der Waals surface area contributed by atoms with E-state index in [9.17, 15) is 0 Å². The van der Waals surface area contributed by atoms with E-state index in [1.54, 1.807) is 6.07 Å². The number of ether oxygens (including phenoxy) is 5. The topological polar surface area (TPSA) is 87.2 Å². The Morgan fingerprint density at radius 3 is 2.42 bits per heavy atom. The van der Waals surface area contributed by atoms with Crippen LogP contribution >= 0.6 is 0 Å². The van der Waals surface area contributed by atoms with Crippen molar-refractivity contribution in [3.05, 3.63) is 66.5 Å². The van der Waals surface area contributed by atoms with Gasteiger partial charge in [-0.05, 0) is 30.0 Å². The van der Waals surface area contributed by atoms with E-state index < -0.39 is 17.6 Å². The van der Waals surface area contributed by atoms with Gasteiger partial charge in [0.15, 0.2) is 17.8 Å². The summed E-state index contributed by atoms with van der Waals surface area (Å²) in [6, 6.07) is 18.8. The molecule has 7 rings (SSSR count). The first-order chi connectivity index (χ1) is 18.6. The Morgan fingerprint density at radius 1 is 0.974 bits per heavy atom. The van der Waals surface area contributed by atoms with Crippen LogP contribution in [0.3, 0.4) is 0 Å². The second kappa shape index (κ2) is 9.20. The zero-order valence-electron chi connectivity index (χ0n) is 20.6. The van der Waals surface area contributed by atoms with Crippen molar-refractivity contribution in [1.29, 1.82) is 0 Å². The second-order valence-corrected chi connectivity index (χ2v) is 9.74. The van der Waals surface area contributed by atoms with Gasteiger partial charge in [0.25, 0.3) is 0 Å². The van der Waals surface area contributed by atoms with E-state index in [1.807, 2.05) is 48.5 Å². The number of aromatic amines is 1. The first kappa shape index (κ1) is 23.3. The lowest BCUT2D eigenvalue weighted by Gasteiger charge is -2.27. The van der Waals surface area contributed by atoms with Gasteiger partial charge in [-0.1, -0.05) is 36.4 Å². The highest BCUT2D eigenvalue weighted by molar-refractivity contribution is 5.81. The van der Waals surface area contributed by atoms with Crippen LogP contribution in [0.4, 0.5) is 4.39 Å². The van der Waals surface area contributed by atoms with E-state index >= 15 is 4.39 Å². The molecular formula is C29H26FN3O5. The van der Waals surface area contributed by atoms with Crippen molar-refractivity contribution in [3.63, 3.8) is 0 Å². The molecule has 3 aliphatic heterocycles. The maximum atomic E-state index is 15.1. The molecule has 5 heterocycles. The van der Waals surface area contributed by atoms with Crippen molar-refractivity contribution in [3.8, 4) is 34.0 Å². The Balaban J connectivity index is 1.10. The summed E-state index contributed by atoms with van der Waals surface area (Å²) in [4.78, 5) is 11.9. The maximum absolute atomic E-state index is 15.1. The number of halogens is 1. The lowest BCUT2D eigenvalue weighted by Crippen LogP contribution is -2.46. The average Bonchev–Trinajstić information content (AvgIpc) is 3.60. The Labute approximate surface area is 218 Å². The van der Waals surface area contributed by atoms with E-state index in [4.69, 9.17) is 23.7 Å². The monoisotopic (exact) mass is 515 g/mol. The number of aliphatic imine (C=N–C) groups is 1. The average molecular weight is 516 g/mol. The van der Waals surface area contributed by atoms with Crippen molar-refractivity contribution < 1.29 is 28.1 Å². The van der Waals surface area contributed by atoms with Gasteiger partial charge >= 0.3 is 0 Å². The molecular weight excluding hydrogens is 489 g/mol. The number of benzene rings is 2. The third kappa shape index (κ3) is 3.94. The van der Waals surface area contributed by atoms with Crippen LogP contribution in [0.1, 0.15) is 6.42 Å². The Bertz CT molecular complexity index is 1480. The van der Waals surface area contributed by atoms with Crippen LogP contribution in [0.5, 0.6) is 11.6 Å². The number of pyridine rings is 1. The molecule has 3 fully saturated rings. The molecule has 0 amide bonds. The lowest BCUT2D eigenvalue weighted by atomic mass is 10.0. The van der Waals surface area contributed by atoms with Gasteiger partial charge in [0.1, 0.15) is 23.7 Å². The fourth-order valence-corrected chi connectivity index (χ4v) is 5.27. The zero-order valence-corrected chi connectivity index (χ0v) is 20.6. The highest BCUT2D eigenvalue weighted by Gasteiger charge is 2.57. The van der Waals surface area contributed by atoms with Gasteiger partial charge in [0, 0.05) is 24.1 Å². The van der Waals surface area contributed by atoms with Crippen molar-refractivity contribution in [2.24, 2.45) is 4.99 Å². The number of hydrogen-bond acceptors (Lipinski definition) is 7. The molecule has 2 aromatic carbocycles. The normalized spacial score (nSPS) is 24.8. The number of rotatable bonds is 7. The Morgan fingerprint density at radius 2 is 1.71 bits per heavy atom. The molecule has 0 bridgehead atoms. The molecule has 194 valence electrons. The minimum atomic E-state index is -0.915. The van der Waals surface area contributed by atoms with Crippen LogP contribution in [0.15, 0.2) is 65.7 Å². The highest BCUT2D eigenvalue weighted by Crippen LogP contribution is 2.40. The summed E-state index contributed by atoms with van der Waals surface area (Å²) in [7, 11) is 0. The fraction of sp³-hybridized carbons (Fsp3) is 0.310. The summed E-state index contributed by atoms with van der Waals surface area (Å²) in [6.07, 6.45) is 0.253. The molecule has 3 aliphatic rings. The van der Waals surface area contributed by atoms with Crippen LogP contribution in [-0.2, 0) is 14.2 Å². The molecule has 2 aromatic heterocycles. The molecule has 38 heavy (non-hydrogen) atoms. The molecule has 0 radical (unpaired) electrons. The predicted octanol–water partition coefficient (Wildman–Crippen LogP) is 4.78. The predicted molar refractivity (Wildman–Crippen MR) is 139 cm³/mol. The van der Waals surface area contributed by atoms with Crippen LogP contribution < -0.4 is 9.47 Å². The molecule has 8 nitrogen and oxygen atoms in total. The van der Waals surface area contributed by atoms with Crippen LogP contribution in [0.25, 0.3) is 33.4 Å². The van der Waals surface area contributed by atoms with Crippen LogP contribution in [0, 0.1) is 5.82 Å². The zero-order chi connectivity index (χ0) is 25.7. The first-order valence-electron chi connectivity index (χ1n) is 12.7. The quantitative estimate of drug-likeness (QED) is 0.357. The summed E-state index contributed by atoms with van der Waals surface area (Å²) in [5, 5.41) is 0. The number of fused-ring (bicyclic) bond motifs is 2. The molecule has 1 N–H and O–H groups in total. The molecule has 0 aliphatic carbocycles. The number of nitrogens with one attached hydrogen (secondary N) is 1. The standard InChI is InChI=1S/C29H26FN3O5/c1-31-29-25(10-11-36-29)35-16-26(29)38-27-13-24-23(32-27)12-22(30)28(33-24)19-4-2-17(3-5-19)18-6-8-20(9-7-18)37-21-14-34-15-21/h2-9,12-13,21,25-26,32H,1,10-11,14-16H2/t25-,26?,29?/m1/s1. The number of H-pyrrole nitrogens is 1. The maximum Gasteiger partial charge on any atom is 0.224 e. The molecule has 0 spiro atoms. The summed E-state index contributed by atoms with van der Waals surface area (Å²) < 4.78 is 43.9. The molecule has 3 saturated heterocycles. The molecule has 3 atom stereocenters. The van der Waals surface area contributed by atoms with Gasteiger partial charge in [0.2, 0.25) is 5.72 Å². The number of nitrogens with zero attached hydrogens (tertiary/aromatic N) is 2. The van der Waals surface area contributed by atoms with Gasteiger partial charge in [-0.2, -0.15) is 0 Å². The minimum absolute atomic E-state index is 0.133. The van der Waals surface area contributed by atoms with E-state index in [1.165, 1.54) is 6.07 Å². The van der Waals surface area contributed by atoms with Crippen molar-refractivity contribution >= 4 is 17.8 Å². The SMILES string of the molecule is C=NC12OCC[C@H]1OCC2Oc1cc2nc(-c3ccc(-c4ccc(OC5COC5)cc4)cc3)c(F)cc2[nH]1. The van der Waals surface area contributed by atoms with Gasteiger partial charge in [-0.15, -0.1) is 0 Å². The number of hydrogen-bond donors (Lipinski definition) is 1. The molecule has 9 heteroatoms. The van der Waals surface area contributed by atoms with Crippen LogP contribution in [0.2, 0.25) is 0 Å². The van der Waals surface area contributed by atoms with Crippen molar-refractivity contribution in [2.75, 3.05) is 26.4 Å². The molecule has 0 saturated carbocycles. The van der Waals surface area contributed by atoms with E-state index in [0.717, 1.165) is 23.3 Å². The molecule has 2 unspecified atom stereocenters. The highest BCUT2D eigenvalue weighted by atomic mass is 19.1. The second-order valence-electron chi connectivity index (χ2n) is 9.74. The van der Waals surface area contributed by atoms with E-state index in [-0.39, 0.29) is 17.9 Å². The molecule has 4 aromatic rings. The lowest BCUT2D eigenvalue weighted by molar-refractivity contribution is -0.0796. The van der Waals surface area contributed by atoms with Gasteiger partial charge < -0.3 is 28.7 Å². The Hall–Kier alpha value is -3.79. The van der Waals surface area contributed by atoms with Crippen molar-refractivity contribution in [1.82, 2.24) is 9.97 Å². The summed E-state index contributed by atoms with van der Waals surface area (Å²) in [5.41, 5.74) is 3.23. The largest absolute Gasteiger partial charge is 0.486 e. The smallest absolute Gasteiger partial charge is 0.224 e. The third-order valence-electron chi connectivity index (χ3n) is 7.39. The third-order valence-corrected chi connectivity index (χ3v) is 7.39. The van der Waals surface area contributed by atoms with Crippen molar-refractivity contribution in [2.45, 2.75) is 30.5 Å². The van der Waals surface area contributed by atoms with Gasteiger partial charge in [-0.3, -0.25) is 4.99 Å². The number of aromatic nitrogens is 2. The summed E-state index contributed by atoms with van der Waals surface area (Å²) >= 11 is 0. The summed E-state index contributed by atoms with van der Waals surface area (Å²) in [6.45, 7) is 5.84. The Kier molecular flexibility index (Phi) is 5.65.